The van der Waals surface area contributed by atoms with Gasteiger partial charge < -0.3 is 9.47 Å². The van der Waals surface area contributed by atoms with Crippen molar-refractivity contribution < 1.29 is 19.1 Å². The zero-order valence-corrected chi connectivity index (χ0v) is 10.3. The van der Waals surface area contributed by atoms with Gasteiger partial charge in [-0.3, -0.25) is 4.90 Å². The summed E-state index contributed by atoms with van der Waals surface area (Å²) >= 11 is 0. The van der Waals surface area contributed by atoms with Crippen LogP contribution in [0.4, 0.5) is 4.79 Å². The van der Waals surface area contributed by atoms with Gasteiger partial charge in [0.2, 0.25) is 0 Å². The van der Waals surface area contributed by atoms with E-state index in [4.69, 9.17) is 4.74 Å². The third kappa shape index (κ3) is 2.45. The summed E-state index contributed by atoms with van der Waals surface area (Å²) < 4.78 is 9.73. The molecule has 5 nitrogen and oxygen atoms in total. The van der Waals surface area contributed by atoms with Gasteiger partial charge in [0, 0.05) is 0 Å². The number of methoxy groups -OCH3 is 1. The summed E-state index contributed by atoms with van der Waals surface area (Å²) in [6.07, 6.45) is -0.484. The third-order valence-corrected chi connectivity index (χ3v) is 2.96. The summed E-state index contributed by atoms with van der Waals surface area (Å²) in [6.45, 7) is 1.99. The molecule has 0 aliphatic carbocycles. The topological polar surface area (TPSA) is 55.6 Å². The molecule has 0 spiro atoms. The van der Waals surface area contributed by atoms with Crippen molar-refractivity contribution >= 4 is 12.1 Å². The lowest BCUT2D eigenvalue weighted by molar-refractivity contribution is -0.140. The molecular weight excluding hydrogens is 234 g/mol. The molecule has 0 saturated carbocycles. The van der Waals surface area contributed by atoms with Gasteiger partial charge in [0.1, 0.15) is 6.61 Å². The highest BCUT2D eigenvalue weighted by Crippen LogP contribution is 2.29. The SMILES string of the molecule is COC(=O)[C@H]1[C@@H](C)N1C(=O)OCc1ccccc1. The summed E-state index contributed by atoms with van der Waals surface area (Å²) in [5.41, 5.74) is 0.912. The van der Waals surface area contributed by atoms with E-state index in [1.165, 1.54) is 12.0 Å². The maximum Gasteiger partial charge on any atom is 0.411 e. The second-order valence-electron chi connectivity index (χ2n) is 4.16. The van der Waals surface area contributed by atoms with E-state index >= 15 is 0 Å². The molecule has 0 N–H and O–H groups in total. The van der Waals surface area contributed by atoms with Crippen molar-refractivity contribution in [3.05, 3.63) is 35.9 Å². The fourth-order valence-corrected chi connectivity index (χ4v) is 1.85. The molecule has 1 aromatic rings. The molecule has 0 radical (unpaired) electrons. The number of amides is 1. The first-order valence-electron chi connectivity index (χ1n) is 5.72. The Labute approximate surface area is 105 Å². The monoisotopic (exact) mass is 249 g/mol. The van der Waals surface area contributed by atoms with Crippen LogP contribution in [0, 0.1) is 0 Å². The fraction of sp³-hybridized carbons (Fsp3) is 0.385. The maximum atomic E-state index is 11.7. The minimum absolute atomic E-state index is 0.152. The van der Waals surface area contributed by atoms with Crippen LogP contribution in [-0.4, -0.2) is 36.2 Å². The van der Waals surface area contributed by atoms with Crippen LogP contribution in [0.15, 0.2) is 30.3 Å². The second kappa shape index (κ2) is 5.08. The highest BCUT2D eigenvalue weighted by molar-refractivity contribution is 5.88. The fourth-order valence-electron chi connectivity index (χ4n) is 1.85. The van der Waals surface area contributed by atoms with Crippen molar-refractivity contribution in [3.63, 3.8) is 0 Å². The lowest BCUT2D eigenvalue weighted by Crippen LogP contribution is -2.20. The van der Waals surface area contributed by atoms with Crippen molar-refractivity contribution in [2.75, 3.05) is 7.11 Å². The second-order valence-corrected chi connectivity index (χ2v) is 4.16. The molecule has 1 amide bonds. The first kappa shape index (κ1) is 12.4. The quantitative estimate of drug-likeness (QED) is 0.602. The van der Waals surface area contributed by atoms with Gasteiger partial charge in [0.05, 0.1) is 13.2 Å². The van der Waals surface area contributed by atoms with Crippen molar-refractivity contribution in [3.8, 4) is 0 Å². The van der Waals surface area contributed by atoms with E-state index in [0.717, 1.165) is 5.56 Å². The zero-order valence-electron chi connectivity index (χ0n) is 10.3. The number of carbonyl (C=O) groups excluding carboxylic acids is 2. The van der Waals surface area contributed by atoms with Gasteiger partial charge in [0.25, 0.3) is 0 Å². The van der Waals surface area contributed by atoms with Gasteiger partial charge in [-0.15, -0.1) is 0 Å². The Morgan fingerprint density at radius 3 is 2.56 bits per heavy atom. The van der Waals surface area contributed by atoms with Crippen LogP contribution in [0.5, 0.6) is 0 Å². The number of rotatable bonds is 3. The summed E-state index contributed by atoms with van der Waals surface area (Å²) in [4.78, 5) is 24.4. The normalized spacial score (nSPS) is 21.3. The number of esters is 1. The van der Waals surface area contributed by atoms with E-state index in [-0.39, 0.29) is 12.6 Å². The highest BCUT2D eigenvalue weighted by Gasteiger charge is 2.54. The Balaban J connectivity index is 1.85. The average Bonchev–Trinajstić information content (AvgIpc) is 3.08. The Morgan fingerprint density at radius 2 is 1.94 bits per heavy atom. The predicted molar refractivity (Wildman–Crippen MR) is 63.7 cm³/mol. The molecule has 0 unspecified atom stereocenters. The molecule has 2 atom stereocenters. The molecule has 18 heavy (non-hydrogen) atoms. The molecule has 0 aromatic heterocycles. The van der Waals surface area contributed by atoms with E-state index in [0.29, 0.717) is 0 Å². The molecule has 1 fully saturated rings. The minimum Gasteiger partial charge on any atom is -0.467 e. The van der Waals surface area contributed by atoms with Crippen LogP contribution in [-0.2, 0) is 20.9 Å². The molecule has 5 heteroatoms. The Hall–Kier alpha value is -2.04. The van der Waals surface area contributed by atoms with Gasteiger partial charge >= 0.3 is 12.1 Å². The molecule has 1 saturated heterocycles. The first-order valence-corrected chi connectivity index (χ1v) is 5.72. The lowest BCUT2D eigenvalue weighted by atomic mass is 10.2. The van der Waals surface area contributed by atoms with Crippen LogP contribution in [0.3, 0.4) is 0 Å². The van der Waals surface area contributed by atoms with Gasteiger partial charge in [-0.1, -0.05) is 30.3 Å². The van der Waals surface area contributed by atoms with Crippen molar-refractivity contribution in [1.82, 2.24) is 4.90 Å². The van der Waals surface area contributed by atoms with Gasteiger partial charge in [-0.25, -0.2) is 9.59 Å². The average molecular weight is 249 g/mol. The van der Waals surface area contributed by atoms with E-state index in [2.05, 4.69) is 4.74 Å². The zero-order chi connectivity index (χ0) is 13.1. The number of hydrogen-bond acceptors (Lipinski definition) is 4. The standard InChI is InChI=1S/C13H15NO4/c1-9-11(12(15)17-2)14(9)13(16)18-8-10-6-4-3-5-7-10/h3-7,9,11H,8H2,1-2H3/t9-,11-,14?/m1/s1. The summed E-state index contributed by atoms with van der Waals surface area (Å²) in [7, 11) is 1.31. The number of hydrogen-bond donors (Lipinski definition) is 0. The van der Waals surface area contributed by atoms with Crippen LogP contribution in [0.2, 0.25) is 0 Å². The number of benzene rings is 1. The molecule has 1 heterocycles. The van der Waals surface area contributed by atoms with E-state index in [1.807, 2.05) is 30.3 Å². The van der Waals surface area contributed by atoms with Crippen molar-refractivity contribution in [2.45, 2.75) is 25.6 Å². The van der Waals surface area contributed by atoms with Crippen LogP contribution in [0.25, 0.3) is 0 Å². The molecule has 96 valence electrons. The number of ether oxygens (including phenoxy) is 2. The summed E-state index contributed by atoms with van der Waals surface area (Å²) in [5, 5.41) is 0. The number of nitrogens with zero attached hydrogens (tertiary/aromatic N) is 1. The maximum absolute atomic E-state index is 11.7. The number of carbonyl (C=O) groups is 2. The van der Waals surface area contributed by atoms with Crippen molar-refractivity contribution in [1.29, 1.82) is 0 Å². The Morgan fingerprint density at radius 1 is 1.28 bits per heavy atom. The predicted octanol–water partition coefficient (Wildman–Crippen LogP) is 1.57. The van der Waals surface area contributed by atoms with Gasteiger partial charge in [0.15, 0.2) is 6.04 Å². The smallest absolute Gasteiger partial charge is 0.411 e. The van der Waals surface area contributed by atoms with E-state index in [1.54, 1.807) is 6.92 Å². The molecule has 1 aliphatic heterocycles. The largest absolute Gasteiger partial charge is 0.467 e. The van der Waals surface area contributed by atoms with Crippen LogP contribution >= 0.6 is 0 Å². The Bertz CT molecular complexity index is 446. The van der Waals surface area contributed by atoms with Crippen LogP contribution in [0.1, 0.15) is 12.5 Å². The van der Waals surface area contributed by atoms with Crippen LogP contribution < -0.4 is 0 Å². The van der Waals surface area contributed by atoms with E-state index in [9.17, 15) is 9.59 Å². The molecule has 1 aromatic carbocycles. The third-order valence-electron chi connectivity index (χ3n) is 2.96. The molecular formula is C13H15NO4. The van der Waals surface area contributed by atoms with Crippen molar-refractivity contribution in [2.24, 2.45) is 0 Å². The molecule has 0 bridgehead atoms. The van der Waals surface area contributed by atoms with Gasteiger partial charge in [-0.2, -0.15) is 0 Å². The molecule has 1 aliphatic rings. The molecule has 2 rings (SSSR count). The lowest BCUT2D eigenvalue weighted by Gasteiger charge is -2.06. The minimum atomic E-state index is -0.502. The van der Waals surface area contributed by atoms with E-state index < -0.39 is 18.1 Å². The first-order chi connectivity index (χ1) is 8.65. The highest BCUT2D eigenvalue weighted by atomic mass is 16.6. The Kier molecular flexibility index (Phi) is 3.50. The summed E-state index contributed by atoms with van der Waals surface area (Å²) in [5.74, 6) is -0.404. The van der Waals surface area contributed by atoms with Gasteiger partial charge in [-0.05, 0) is 12.5 Å². The summed E-state index contributed by atoms with van der Waals surface area (Å²) in [6, 6.07) is 8.73.